The lowest BCUT2D eigenvalue weighted by atomic mass is 10.1. The zero-order chi connectivity index (χ0) is 30.5. The number of methoxy groups -OCH3 is 1. The van der Waals surface area contributed by atoms with E-state index in [4.69, 9.17) is 16.3 Å². The second-order valence-corrected chi connectivity index (χ2v) is 13.0. The Labute approximate surface area is 246 Å². The number of rotatable bonds is 10. The first-order valence-electron chi connectivity index (χ1n) is 12.9. The summed E-state index contributed by atoms with van der Waals surface area (Å²) in [6, 6.07) is 15.2. The Hall–Kier alpha value is -3.63. The molecule has 0 saturated heterocycles. The van der Waals surface area contributed by atoms with Crippen LogP contribution in [0, 0.1) is 12.7 Å². The Bertz CT molecular complexity index is 1490. The molecule has 8 nitrogen and oxygen atoms in total. The summed E-state index contributed by atoms with van der Waals surface area (Å²) in [5.41, 5.74) is 0.896. The Kier molecular flexibility index (Phi) is 10.0. The highest BCUT2D eigenvalue weighted by molar-refractivity contribution is 7.92. The van der Waals surface area contributed by atoms with Crippen molar-refractivity contribution >= 4 is 39.1 Å². The third-order valence-electron chi connectivity index (χ3n) is 6.23. The fourth-order valence-electron chi connectivity index (χ4n) is 4.05. The molecular formula is C30H35ClFN3O5S. The Morgan fingerprint density at radius 2 is 1.63 bits per heavy atom. The molecule has 0 aliphatic heterocycles. The third kappa shape index (κ3) is 8.20. The van der Waals surface area contributed by atoms with E-state index in [0.717, 1.165) is 9.87 Å². The van der Waals surface area contributed by atoms with Gasteiger partial charge in [-0.05, 0) is 82.6 Å². The lowest BCUT2D eigenvalue weighted by Crippen LogP contribution is -2.54. The summed E-state index contributed by atoms with van der Waals surface area (Å²) in [6.07, 6.45) is 0. The van der Waals surface area contributed by atoms with E-state index in [-0.39, 0.29) is 27.9 Å². The van der Waals surface area contributed by atoms with Crippen LogP contribution in [0.2, 0.25) is 5.02 Å². The number of anilines is 1. The molecule has 0 saturated carbocycles. The molecule has 2 amide bonds. The smallest absolute Gasteiger partial charge is 0.264 e. The van der Waals surface area contributed by atoms with Gasteiger partial charge in [0, 0.05) is 17.1 Å². The van der Waals surface area contributed by atoms with Crippen molar-refractivity contribution in [2.75, 3.05) is 18.0 Å². The first kappa shape index (κ1) is 31.9. The topological polar surface area (TPSA) is 96.0 Å². The van der Waals surface area contributed by atoms with Gasteiger partial charge in [0.25, 0.3) is 10.0 Å². The van der Waals surface area contributed by atoms with E-state index in [1.165, 1.54) is 60.5 Å². The van der Waals surface area contributed by atoms with Crippen LogP contribution in [0.5, 0.6) is 5.75 Å². The molecule has 41 heavy (non-hydrogen) atoms. The predicted octanol–water partition coefficient (Wildman–Crippen LogP) is 5.32. The second kappa shape index (κ2) is 12.9. The van der Waals surface area contributed by atoms with Crippen LogP contribution in [0.3, 0.4) is 0 Å². The molecule has 0 radical (unpaired) electrons. The van der Waals surface area contributed by atoms with Crippen molar-refractivity contribution in [1.82, 2.24) is 10.2 Å². The van der Waals surface area contributed by atoms with Crippen molar-refractivity contribution in [3.05, 3.63) is 88.7 Å². The molecule has 0 bridgehead atoms. The lowest BCUT2D eigenvalue weighted by molar-refractivity contribution is -0.140. The van der Waals surface area contributed by atoms with Gasteiger partial charge in [0.15, 0.2) is 0 Å². The number of halogens is 2. The minimum atomic E-state index is -4.30. The van der Waals surface area contributed by atoms with Crippen molar-refractivity contribution in [3.8, 4) is 5.75 Å². The van der Waals surface area contributed by atoms with Crippen molar-refractivity contribution in [2.24, 2.45) is 0 Å². The number of benzene rings is 3. The van der Waals surface area contributed by atoms with Crippen molar-refractivity contribution in [3.63, 3.8) is 0 Å². The fraction of sp³-hybridized carbons (Fsp3) is 0.333. The zero-order valence-electron chi connectivity index (χ0n) is 23.9. The van der Waals surface area contributed by atoms with E-state index < -0.39 is 45.8 Å². The summed E-state index contributed by atoms with van der Waals surface area (Å²) in [5.74, 6) is -1.36. The maximum Gasteiger partial charge on any atom is 0.264 e. The molecule has 0 aliphatic rings. The van der Waals surface area contributed by atoms with Crippen LogP contribution in [0.25, 0.3) is 0 Å². The van der Waals surface area contributed by atoms with E-state index in [1.807, 2.05) is 27.7 Å². The molecule has 0 aromatic heterocycles. The number of amides is 2. The summed E-state index contributed by atoms with van der Waals surface area (Å²) in [4.78, 5) is 28.4. The first-order valence-corrected chi connectivity index (χ1v) is 14.7. The molecule has 3 rings (SSSR count). The number of hydrogen-bond donors (Lipinski definition) is 1. The molecule has 11 heteroatoms. The molecule has 0 fully saturated rings. The second-order valence-electron chi connectivity index (χ2n) is 10.7. The molecule has 0 heterocycles. The van der Waals surface area contributed by atoms with Gasteiger partial charge in [0.1, 0.15) is 24.2 Å². The van der Waals surface area contributed by atoms with E-state index in [2.05, 4.69) is 5.32 Å². The Morgan fingerprint density at radius 3 is 2.20 bits per heavy atom. The van der Waals surface area contributed by atoms with Gasteiger partial charge in [-0.2, -0.15) is 0 Å². The van der Waals surface area contributed by atoms with Gasteiger partial charge in [-0.15, -0.1) is 0 Å². The minimum Gasteiger partial charge on any atom is -0.495 e. The Morgan fingerprint density at radius 1 is 1.02 bits per heavy atom. The van der Waals surface area contributed by atoms with Gasteiger partial charge in [-0.3, -0.25) is 13.9 Å². The van der Waals surface area contributed by atoms with E-state index >= 15 is 0 Å². The molecule has 1 N–H and O–H groups in total. The SMILES string of the molecule is COc1ccc(Cl)cc1N(CC(=O)N(Cc1ccc(F)cc1)[C@@H](C)C(=O)NC(C)(C)C)S(=O)(=O)c1ccc(C)cc1. The minimum absolute atomic E-state index is 0.0402. The average molecular weight is 604 g/mol. The average Bonchev–Trinajstić information content (AvgIpc) is 2.90. The van der Waals surface area contributed by atoms with Crippen LogP contribution in [-0.2, 0) is 26.2 Å². The molecule has 3 aromatic rings. The van der Waals surface area contributed by atoms with Gasteiger partial charge in [0.05, 0.1) is 17.7 Å². The van der Waals surface area contributed by atoms with Crippen LogP contribution >= 0.6 is 11.6 Å². The van der Waals surface area contributed by atoms with E-state index in [0.29, 0.717) is 5.56 Å². The lowest BCUT2D eigenvalue weighted by Gasteiger charge is -2.33. The number of nitrogens with zero attached hydrogens (tertiary/aromatic N) is 2. The molecule has 3 aromatic carbocycles. The maximum atomic E-state index is 14.0. The van der Waals surface area contributed by atoms with Crippen molar-refractivity contribution < 1.29 is 27.1 Å². The zero-order valence-corrected chi connectivity index (χ0v) is 25.5. The van der Waals surface area contributed by atoms with Crippen LogP contribution < -0.4 is 14.4 Å². The first-order chi connectivity index (χ1) is 19.1. The summed E-state index contributed by atoms with van der Waals surface area (Å²) >= 11 is 6.25. The number of carbonyl (C=O) groups is 2. The van der Waals surface area contributed by atoms with Gasteiger partial charge in [-0.1, -0.05) is 41.4 Å². The predicted molar refractivity (Wildman–Crippen MR) is 158 cm³/mol. The number of carbonyl (C=O) groups excluding carboxylic acids is 2. The van der Waals surface area contributed by atoms with Crippen LogP contribution in [0.1, 0.15) is 38.8 Å². The highest BCUT2D eigenvalue weighted by Crippen LogP contribution is 2.35. The van der Waals surface area contributed by atoms with Crippen molar-refractivity contribution in [2.45, 2.75) is 57.6 Å². The molecular weight excluding hydrogens is 569 g/mol. The molecule has 0 aliphatic carbocycles. The molecule has 1 atom stereocenters. The van der Waals surface area contributed by atoms with Crippen LogP contribution in [0.15, 0.2) is 71.6 Å². The molecule has 0 unspecified atom stereocenters. The number of sulfonamides is 1. The van der Waals surface area contributed by atoms with E-state index in [1.54, 1.807) is 25.1 Å². The maximum absolute atomic E-state index is 14.0. The number of ether oxygens (including phenoxy) is 1. The monoisotopic (exact) mass is 603 g/mol. The largest absolute Gasteiger partial charge is 0.495 e. The molecule has 220 valence electrons. The number of nitrogens with one attached hydrogen (secondary N) is 1. The third-order valence-corrected chi connectivity index (χ3v) is 8.24. The van der Waals surface area contributed by atoms with Gasteiger partial charge in [-0.25, -0.2) is 12.8 Å². The normalized spacial score (nSPS) is 12.4. The number of hydrogen-bond acceptors (Lipinski definition) is 5. The van der Waals surface area contributed by atoms with Gasteiger partial charge in [0.2, 0.25) is 11.8 Å². The quantitative estimate of drug-likeness (QED) is 0.338. The Balaban J connectivity index is 2.10. The van der Waals surface area contributed by atoms with Gasteiger partial charge < -0.3 is 15.0 Å². The number of aryl methyl sites for hydroxylation is 1. The highest BCUT2D eigenvalue weighted by atomic mass is 35.5. The molecule has 0 spiro atoms. The van der Waals surface area contributed by atoms with Crippen LogP contribution in [-0.4, -0.2) is 50.4 Å². The fourth-order valence-corrected chi connectivity index (χ4v) is 5.63. The highest BCUT2D eigenvalue weighted by Gasteiger charge is 2.34. The van der Waals surface area contributed by atoms with Gasteiger partial charge >= 0.3 is 0 Å². The summed E-state index contributed by atoms with van der Waals surface area (Å²) in [5, 5.41) is 3.09. The van der Waals surface area contributed by atoms with Crippen molar-refractivity contribution in [1.29, 1.82) is 0 Å². The van der Waals surface area contributed by atoms with E-state index in [9.17, 15) is 22.4 Å². The van der Waals surface area contributed by atoms with Crippen LogP contribution in [0.4, 0.5) is 10.1 Å². The summed E-state index contributed by atoms with van der Waals surface area (Å²) in [6.45, 7) is 8.09. The standard InChI is InChI=1S/C30H35ClFN3O5S/c1-20-7-14-25(15-8-20)41(38,39)35(26-17-23(31)11-16-27(26)40-6)19-28(36)34(18-22-9-12-24(32)13-10-22)21(2)29(37)33-30(3,4)5/h7-17,21H,18-19H2,1-6H3,(H,33,37)/t21-/m0/s1. The summed E-state index contributed by atoms with van der Waals surface area (Å²) in [7, 11) is -2.93. The summed E-state index contributed by atoms with van der Waals surface area (Å²) < 4.78 is 48.0.